The van der Waals surface area contributed by atoms with Gasteiger partial charge in [-0.25, -0.2) is 4.98 Å². The molecule has 3 aromatic rings. The average Bonchev–Trinajstić information content (AvgIpc) is 2.61. The quantitative estimate of drug-likeness (QED) is 0.601. The van der Waals surface area contributed by atoms with Gasteiger partial charge in [-0.2, -0.15) is 0 Å². The minimum absolute atomic E-state index is 0.164. The molecule has 28 heavy (non-hydrogen) atoms. The number of carboxylic acid groups (broad SMARTS) is 1. The van der Waals surface area contributed by atoms with E-state index in [-0.39, 0.29) is 5.54 Å². The number of aryl methyl sites for hydroxylation is 1. The van der Waals surface area contributed by atoms with E-state index in [0.717, 1.165) is 27.8 Å². The van der Waals surface area contributed by atoms with Crippen LogP contribution in [-0.2, 0) is 11.2 Å². The third kappa shape index (κ3) is 4.50. The van der Waals surface area contributed by atoms with Crippen LogP contribution in [0.15, 0.2) is 48.5 Å². The van der Waals surface area contributed by atoms with E-state index in [4.69, 9.17) is 4.98 Å². The molecule has 0 aliphatic rings. The van der Waals surface area contributed by atoms with Crippen molar-refractivity contribution in [2.24, 2.45) is 5.92 Å². The van der Waals surface area contributed by atoms with E-state index < -0.39 is 11.9 Å². The molecular weight excluding hydrogens is 348 g/mol. The lowest BCUT2D eigenvalue weighted by Gasteiger charge is -2.24. The molecule has 0 saturated heterocycles. The van der Waals surface area contributed by atoms with Gasteiger partial charge in [0.15, 0.2) is 0 Å². The highest BCUT2D eigenvalue weighted by atomic mass is 16.4. The zero-order chi connectivity index (χ0) is 20.5. The number of nitrogens with zero attached hydrogens (tertiary/aromatic N) is 1. The van der Waals surface area contributed by atoms with E-state index in [1.54, 1.807) is 6.92 Å². The zero-order valence-corrected chi connectivity index (χ0v) is 17.2. The maximum Gasteiger partial charge on any atom is 0.306 e. The van der Waals surface area contributed by atoms with Crippen LogP contribution < -0.4 is 5.32 Å². The van der Waals surface area contributed by atoms with Crippen LogP contribution in [0.3, 0.4) is 0 Å². The standard InChI is InChI=1S/C24H28N2O2/c1-15-8-6-7-9-20(15)17-10-11-21-18(13-17)14-19(12-16(2)23(27)28)22(25-21)26-24(3,4)5/h6-11,13-14,16H,12H2,1-5H3,(H,25,26)(H,27,28)/t16-/m1/s1. The first-order valence-corrected chi connectivity index (χ1v) is 9.65. The molecule has 4 heteroatoms. The highest BCUT2D eigenvalue weighted by Crippen LogP contribution is 2.30. The molecule has 146 valence electrons. The minimum atomic E-state index is -0.796. The molecule has 1 heterocycles. The summed E-state index contributed by atoms with van der Waals surface area (Å²) >= 11 is 0. The maximum atomic E-state index is 11.4. The third-order valence-electron chi connectivity index (χ3n) is 4.79. The second kappa shape index (κ2) is 7.63. The van der Waals surface area contributed by atoms with Gasteiger partial charge in [0.25, 0.3) is 0 Å². The van der Waals surface area contributed by atoms with Crippen LogP contribution in [0.25, 0.3) is 22.0 Å². The van der Waals surface area contributed by atoms with E-state index in [1.165, 1.54) is 11.1 Å². The molecule has 0 radical (unpaired) electrons. The van der Waals surface area contributed by atoms with E-state index >= 15 is 0 Å². The highest BCUT2D eigenvalue weighted by molar-refractivity contribution is 5.87. The number of rotatable bonds is 5. The Morgan fingerprint density at radius 2 is 1.86 bits per heavy atom. The molecule has 1 aromatic heterocycles. The average molecular weight is 377 g/mol. The van der Waals surface area contributed by atoms with Crippen LogP contribution in [0, 0.1) is 12.8 Å². The first-order chi connectivity index (χ1) is 13.1. The van der Waals surface area contributed by atoms with Gasteiger partial charge in [0.05, 0.1) is 11.4 Å². The van der Waals surface area contributed by atoms with Crippen molar-refractivity contribution in [3.05, 3.63) is 59.7 Å². The van der Waals surface area contributed by atoms with Crippen molar-refractivity contribution in [1.82, 2.24) is 4.98 Å². The van der Waals surface area contributed by atoms with E-state index in [2.05, 4.69) is 63.3 Å². The topological polar surface area (TPSA) is 62.2 Å². The summed E-state index contributed by atoms with van der Waals surface area (Å²) in [5.74, 6) is -0.508. The molecule has 0 saturated carbocycles. The summed E-state index contributed by atoms with van der Waals surface area (Å²) in [4.78, 5) is 16.2. The summed E-state index contributed by atoms with van der Waals surface area (Å²) in [5, 5.41) is 13.8. The lowest BCUT2D eigenvalue weighted by atomic mass is 9.96. The van der Waals surface area contributed by atoms with Gasteiger partial charge in [0, 0.05) is 10.9 Å². The SMILES string of the molecule is Cc1ccccc1-c1ccc2nc(NC(C)(C)C)c(C[C@@H](C)C(=O)O)cc2c1. The van der Waals surface area contributed by atoms with E-state index in [0.29, 0.717) is 6.42 Å². The van der Waals surface area contributed by atoms with Crippen molar-refractivity contribution in [1.29, 1.82) is 0 Å². The van der Waals surface area contributed by atoms with Crippen molar-refractivity contribution in [2.75, 3.05) is 5.32 Å². The summed E-state index contributed by atoms with van der Waals surface area (Å²) in [6.45, 7) is 10.1. The Morgan fingerprint density at radius 1 is 1.14 bits per heavy atom. The fourth-order valence-electron chi connectivity index (χ4n) is 3.32. The number of fused-ring (bicyclic) bond motifs is 1. The van der Waals surface area contributed by atoms with Crippen LogP contribution in [0.2, 0.25) is 0 Å². The van der Waals surface area contributed by atoms with Gasteiger partial charge in [-0.1, -0.05) is 37.3 Å². The van der Waals surface area contributed by atoms with Crippen molar-refractivity contribution < 1.29 is 9.90 Å². The van der Waals surface area contributed by atoms with Crippen LogP contribution in [0.5, 0.6) is 0 Å². The second-order valence-electron chi connectivity index (χ2n) is 8.54. The normalized spacial score (nSPS) is 12.8. The van der Waals surface area contributed by atoms with Gasteiger partial charge in [0.2, 0.25) is 0 Å². The zero-order valence-electron chi connectivity index (χ0n) is 17.2. The predicted octanol–water partition coefficient (Wildman–Crippen LogP) is 5.68. The van der Waals surface area contributed by atoms with Crippen molar-refractivity contribution >= 4 is 22.7 Å². The Bertz CT molecular complexity index is 1020. The smallest absolute Gasteiger partial charge is 0.306 e. The fourth-order valence-corrected chi connectivity index (χ4v) is 3.32. The lowest BCUT2D eigenvalue weighted by molar-refractivity contribution is -0.141. The van der Waals surface area contributed by atoms with E-state index in [1.807, 2.05) is 18.2 Å². The number of pyridine rings is 1. The van der Waals surface area contributed by atoms with Gasteiger partial charge < -0.3 is 10.4 Å². The number of nitrogens with one attached hydrogen (secondary N) is 1. The number of aromatic nitrogens is 1. The Balaban J connectivity index is 2.12. The molecule has 0 fully saturated rings. The Hall–Kier alpha value is -2.88. The Kier molecular flexibility index (Phi) is 5.41. The molecule has 0 aliphatic carbocycles. The van der Waals surface area contributed by atoms with Gasteiger partial charge in [0.1, 0.15) is 5.82 Å². The van der Waals surface area contributed by atoms with E-state index in [9.17, 15) is 9.90 Å². The molecule has 0 aliphatic heterocycles. The number of aliphatic carboxylic acids is 1. The largest absolute Gasteiger partial charge is 0.481 e. The van der Waals surface area contributed by atoms with Crippen LogP contribution in [0.4, 0.5) is 5.82 Å². The lowest BCUT2D eigenvalue weighted by Crippen LogP contribution is -2.28. The number of anilines is 1. The summed E-state index contributed by atoms with van der Waals surface area (Å²) < 4.78 is 0. The van der Waals surface area contributed by atoms with Crippen molar-refractivity contribution in [3.63, 3.8) is 0 Å². The molecule has 2 aromatic carbocycles. The number of benzene rings is 2. The highest BCUT2D eigenvalue weighted by Gasteiger charge is 2.19. The summed E-state index contributed by atoms with van der Waals surface area (Å²) in [6, 6.07) is 16.7. The Labute approximate surface area is 166 Å². The molecule has 0 unspecified atom stereocenters. The third-order valence-corrected chi connectivity index (χ3v) is 4.79. The van der Waals surface area contributed by atoms with Crippen LogP contribution in [0.1, 0.15) is 38.8 Å². The maximum absolute atomic E-state index is 11.4. The van der Waals surface area contributed by atoms with Gasteiger partial charge in [-0.15, -0.1) is 0 Å². The second-order valence-corrected chi connectivity index (χ2v) is 8.54. The molecule has 2 N–H and O–H groups in total. The summed E-state index contributed by atoms with van der Waals surface area (Å²) in [6.07, 6.45) is 0.436. The number of hydrogen-bond acceptors (Lipinski definition) is 3. The summed E-state index contributed by atoms with van der Waals surface area (Å²) in [5.41, 5.74) is 5.22. The molecule has 3 rings (SSSR count). The minimum Gasteiger partial charge on any atom is -0.481 e. The van der Waals surface area contributed by atoms with Gasteiger partial charge in [-0.05, 0) is 74.6 Å². The van der Waals surface area contributed by atoms with Crippen LogP contribution >= 0.6 is 0 Å². The number of hydrogen-bond donors (Lipinski definition) is 2. The van der Waals surface area contributed by atoms with Crippen LogP contribution in [-0.4, -0.2) is 21.6 Å². The summed E-state index contributed by atoms with van der Waals surface area (Å²) in [7, 11) is 0. The van der Waals surface area contributed by atoms with Crippen molar-refractivity contribution in [3.8, 4) is 11.1 Å². The molecule has 1 atom stereocenters. The van der Waals surface area contributed by atoms with Gasteiger partial charge >= 0.3 is 5.97 Å². The predicted molar refractivity (Wildman–Crippen MR) is 116 cm³/mol. The molecular formula is C24H28N2O2. The van der Waals surface area contributed by atoms with Crippen molar-refractivity contribution in [2.45, 2.75) is 46.6 Å². The molecule has 0 amide bonds. The number of carbonyl (C=O) groups is 1. The Morgan fingerprint density at radius 3 is 2.50 bits per heavy atom. The molecule has 0 bridgehead atoms. The van der Waals surface area contributed by atoms with Gasteiger partial charge in [-0.3, -0.25) is 4.79 Å². The fraction of sp³-hybridized carbons (Fsp3) is 0.333. The molecule has 4 nitrogen and oxygen atoms in total. The monoisotopic (exact) mass is 376 g/mol. The number of carboxylic acids is 1. The first-order valence-electron chi connectivity index (χ1n) is 9.65. The first kappa shape index (κ1) is 19.9. The molecule has 0 spiro atoms.